The Balaban J connectivity index is 1.86. The Kier molecular flexibility index (Phi) is 8.88. The normalized spacial score (nSPS) is 54.4. The van der Waals surface area contributed by atoms with Crippen LogP contribution in [0.4, 0.5) is 0 Å². The lowest BCUT2D eigenvalue weighted by molar-refractivity contribution is -0.324. The van der Waals surface area contributed by atoms with Crippen LogP contribution in [0.3, 0.4) is 0 Å². The van der Waals surface area contributed by atoms with E-state index in [9.17, 15) is 51.1 Å². The van der Waals surface area contributed by atoms with Gasteiger partial charge in [-0.2, -0.15) is 0 Å². The predicted octanol–water partition coefficient (Wildman–Crippen LogP) is -6.93. The van der Waals surface area contributed by atoms with Gasteiger partial charge in [-0.1, -0.05) is 0 Å². The first kappa shape index (κ1) is 28.0. The number of nitrogens with one attached hydrogen (secondary N) is 1. The number of rotatable bonds is 7. The van der Waals surface area contributed by atoms with Gasteiger partial charge in [0.25, 0.3) is 0 Å². The van der Waals surface area contributed by atoms with E-state index in [1.807, 2.05) is 0 Å². The summed E-state index contributed by atoms with van der Waals surface area (Å²) in [5.41, 5.74) is -2.12. The molecule has 1 saturated carbocycles. The third-order valence-electron chi connectivity index (χ3n) is 6.89. The molecule has 0 spiro atoms. The molecule has 0 aromatic heterocycles. The van der Waals surface area contributed by atoms with Crippen LogP contribution in [0.1, 0.15) is 6.92 Å². The van der Waals surface area contributed by atoms with Gasteiger partial charge in [-0.15, -0.1) is 0 Å². The Hall–Kier alpha value is -0.600. The number of hydrogen-bond acceptors (Lipinski definition) is 15. The average Bonchev–Trinajstić information content (AvgIpc) is 3.06. The van der Waals surface area contributed by atoms with Gasteiger partial charge in [-0.3, -0.25) is 0 Å². The molecule has 15 nitrogen and oxygen atoms in total. The molecule has 2 aliphatic heterocycles. The highest BCUT2D eigenvalue weighted by molar-refractivity contribution is 5.04. The smallest absolute Gasteiger partial charge is 0.187 e. The summed E-state index contributed by atoms with van der Waals surface area (Å²) >= 11 is 0. The van der Waals surface area contributed by atoms with Gasteiger partial charge in [0.15, 0.2) is 12.6 Å². The summed E-state index contributed by atoms with van der Waals surface area (Å²) in [6.45, 7) is -0.192. The molecule has 200 valence electrons. The van der Waals surface area contributed by atoms with Crippen molar-refractivity contribution >= 4 is 0 Å². The Bertz CT molecular complexity index is 659. The zero-order chi connectivity index (χ0) is 25.5. The number of aliphatic hydroxyl groups excluding tert-OH is 9. The fraction of sp³-hybridized carbons (Fsp3) is 1.00. The molecule has 3 aliphatic rings. The summed E-state index contributed by atoms with van der Waals surface area (Å²) in [4.78, 5) is 0. The van der Waals surface area contributed by atoms with Crippen LogP contribution in [0, 0.1) is 0 Å². The standard InChI is InChI=1S/C19H35NO14/c1-5-19(30,4-22)16(34-17-7(20-2)9(24)8(23)6(3-21)32-17)18(31-5)33-15-13(28)11(26)10(25)12(27)14(15)29/h5-18,20-30H,3-4H2,1-2H3/t5-,6-,7+,8+,9-,10?,11-,12+,13-,14+,15?,16+,17+,18-,19-/m0/s1. The van der Waals surface area contributed by atoms with Gasteiger partial charge in [0.1, 0.15) is 66.6 Å². The van der Waals surface area contributed by atoms with E-state index in [1.54, 1.807) is 0 Å². The van der Waals surface area contributed by atoms with E-state index >= 15 is 0 Å². The molecule has 0 amide bonds. The van der Waals surface area contributed by atoms with Crippen LogP contribution in [-0.2, 0) is 18.9 Å². The Morgan fingerprint density at radius 1 is 0.765 bits per heavy atom. The van der Waals surface area contributed by atoms with Crippen LogP contribution in [0.15, 0.2) is 0 Å². The van der Waals surface area contributed by atoms with Gasteiger partial charge in [0.2, 0.25) is 0 Å². The first-order valence-electron chi connectivity index (χ1n) is 10.9. The monoisotopic (exact) mass is 501 g/mol. The van der Waals surface area contributed by atoms with E-state index in [2.05, 4.69) is 5.32 Å². The number of aliphatic hydroxyl groups is 10. The van der Waals surface area contributed by atoms with Crippen LogP contribution in [-0.4, -0.2) is 163 Å². The van der Waals surface area contributed by atoms with Crippen molar-refractivity contribution in [2.75, 3.05) is 20.3 Å². The fourth-order valence-corrected chi connectivity index (χ4v) is 4.52. The molecular weight excluding hydrogens is 466 g/mol. The lowest BCUT2D eigenvalue weighted by atomic mass is 9.84. The molecule has 15 atom stereocenters. The SMILES string of the molecule is CN[C@H]1[C@@H](O[C@@H]2[C@H](OC3[C@@H](O)[C@@H](O)C(O)[C@@H](O)[C@H]3O)O[C@@H](C)[C@@]2(O)CO)O[C@@H](CO)[C@@H](O)[C@H]1O. The zero-order valence-corrected chi connectivity index (χ0v) is 18.6. The second-order valence-corrected chi connectivity index (χ2v) is 8.93. The number of ether oxygens (including phenoxy) is 4. The Morgan fingerprint density at radius 3 is 1.82 bits per heavy atom. The minimum Gasteiger partial charge on any atom is -0.394 e. The van der Waals surface area contributed by atoms with E-state index in [-0.39, 0.29) is 0 Å². The molecule has 15 heteroatoms. The summed E-state index contributed by atoms with van der Waals surface area (Å²) in [5.74, 6) is 0. The third-order valence-corrected chi connectivity index (χ3v) is 6.89. The van der Waals surface area contributed by atoms with Crippen molar-refractivity contribution in [2.24, 2.45) is 0 Å². The topological polar surface area (TPSA) is 251 Å². The first-order chi connectivity index (χ1) is 15.9. The van der Waals surface area contributed by atoms with Crippen molar-refractivity contribution in [2.45, 2.75) is 98.3 Å². The molecular formula is C19H35NO14. The van der Waals surface area contributed by atoms with Crippen molar-refractivity contribution in [1.29, 1.82) is 0 Å². The first-order valence-corrected chi connectivity index (χ1v) is 10.9. The molecule has 2 unspecified atom stereocenters. The molecule has 0 radical (unpaired) electrons. The second kappa shape index (κ2) is 10.8. The van der Waals surface area contributed by atoms with E-state index in [1.165, 1.54) is 14.0 Å². The molecule has 3 rings (SSSR count). The summed E-state index contributed by atoms with van der Waals surface area (Å²) in [6, 6.07) is -1.07. The molecule has 1 aliphatic carbocycles. The van der Waals surface area contributed by atoms with Crippen LogP contribution in [0.5, 0.6) is 0 Å². The van der Waals surface area contributed by atoms with Crippen molar-refractivity contribution in [3.63, 3.8) is 0 Å². The molecule has 0 aromatic rings. The maximum Gasteiger partial charge on any atom is 0.187 e. The molecule has 34 heavy (non-hydrogen) atoms. The highest BCUT2D eigenvalue weighted by Gasteiger charge is 2.60. The van der Waals surface area contributed by atoms with Gasteiger partial charge < -0.3 is 75.3 Å². The van der Waals surface area contributed by atoms with Crippen molar-refractivity contribution in [1.82, 2.24) is 5.32 Å². The second-order valence-electron chi connectivity index (χ2n) is 8.93. The van der Waals surface area contributed by atoms with Gasteiger partial charge in [-0.25, -0.2) is 0 Å². The lowest BCUT2D eigenvalue weighted by Crippen LogP contribution is -2.67. The summed E-state index contributed by atoms with van der Waals surface area (Å²) < 4.78 is 22.5. The number of likely N-dealkylation sites (N-methyl/N-ethyl adjacent to an activating group) is 1. The molecule has 0 bridgehead atoms. The molecule has 2 saturated heterocycles. The molecule has 11 N–H and O–H groups in total. The van der Waals surface area contributed by atoms with Gasteiger partial charge in [0.05, 0.1) is 25.4 Å². The third kappa shape index (κ3) is 4.72. The van der Waals surface area contributed by atoms with Crippen molar-refractivity contribution in [3.05, 3.63) is 0 Å². The highest BCUT2D eigenvalue weighted by Crippen LogP contribution is 2.38. The van der Waals surface area contributed by atoms with E-state index < -0.39 is 105 Å². The largest absolute Gasteiger partial charge is 0.394 e. The van der Waals surface area contributed by atoms with Crippen LogP contribution < -0.4 is 5.32 Å². The van der Waals surface area contributed by atoms with Crippen molar-refractivity contribution < 1.29 is 70.0 Å². The zero-order valence-electron chi connectivity index (χ0n) is 18.6. The summed E-state index contributed by atoms with van der Waals surface area (Å²) in [6.07, 6.45) is -21.0. The molecule has 0 aromatic carbocycles. The Morgan fingerprint density at radius 2 is 1.32 bits per heavy atom. The minimum absolute atomic E-state index is 0.672. The predicted molar refractivity (Wildman–Crippen MR) is 107 cm³/mol. The fourth-order valence-electron chi connectivity index (χ4n) is 4.52. The lowest BCUT2D eigenvalue weighted by Gasteiger charge is -2.45. The molecule has 2 heterocycles. The summed E-state index contributed by atoms with van der Waals surface area (Å²) in [7, 11) is 1.43. The van der Waals surface area contributed by atoms with Crippen LogP contribution >= 0.6 is 0 Å². The van der Waals surface area contributed by atoms with Crippen molar-refractivity contribution in [3.8, 4) is 0 Å². The van der Waals surface area contributed by atoms with Gasteiger partial charge in [0, 0.05) is 0 Å². The van der Waals surface area contributed by atoms with Crippen LogP contribution in [0.2, 0.25) is 0 Å². The van der Waals surface area contributed by atoms with Gasteiger partial charge >= 0.3 is 0 Å². The van der Waals surface area contributed by atoms with E-state index in [0.29, 0.717) is 0 Å². The minimum atomic E-state index is -2.12. The summed E-state index contributed by atoms with van der Waals surface area (Å²) in [5, 5.41) is 104. The van der Waals surface area contributed by atoms with E-state index in [4.69, 9.17) is 18.9 Å². The van der Waals surface area contributed by atoms with Crippen LogP contribution in [0.25, 0.3) is 0 Å². The van der Waals surface area contributed by atoms with Gasteiger partial charge in [-0.05, 0) is 14.0 Å². The number of hydrogen-bond donors (Lipinski definition) is 11. The van der Waals surface area contributed by atoms with E-state index in [0.717, 1.165) is 0 Å². The molecule has 3 fully saturated rings. The highest BCUT2D eigenvalue weighted by atomic mass is 16.8. The maximum absolute atomic E-state index is 11.1. The quantitative estimate of drug-likeness (QED) is 0.155. The maximum atomic E-state index is 11.1. The Labute approximate surface area is 194 Å². The average molecular weight is 501 g/mol.